The van der Waals surface area contributed by atoms with E-state index in [1.54, 1.807) is 0 Å². The molecule has 0 unspecified atom stereocenters. The topological polar surface area (TPSA) is 17.8 Å². The first-order valence-corrected chi connectivity index (χ1v) is 6.43. The van der Waals surface area contributed by atoms with Gasteiger partial charge in [-0.25, -0.2) is 4.98 Å². The highest BCUT2D eigenvalue weighted by Crippen LogP contribution is 2.30. The molecule has 0 saturated heterocycles. The second kappa shape index (κ2) is 5.11. The lowest BCUT2D eigenvalue weighted by Gasteiger charge is -2.17. The summed E-state index contributed by atoms with van der Waals surface area (Å²) in [6, 6.07) is 21.0. The van der Waals surface area contributed by atoms with Gasteiger partial charge < -0.3 is 4.57 Å². The minimum atomic E-state index is 0.183. The fourth-order valence-corrected chi connectivity index (χ4v) is 2.44. The van der Waals surface area contributed by atoms with Crippen LogP contribution in [0.25, 0.3) is 0 Å². The Balaban J connectivity index is 2.15. The Hall–Kier alpha value is -2.35. The maximum Gasteiger partial charge on any atom is 0.120 e. The molecule has 0 fully saturated rings. The van der Waals surface area contributed by atoms with Crippen molar-refractivity contribution >= 4 is 0 Å². The van der Waals surface area contributed by atoms with Crippen LogP contribution in [-0.2, 0) is 7.05 Å². The van der Waals surface area contributed by atoms with E-state index in [9.17, 15) is 0 Å². The fraction of sp³-hybridized carbons (Fsp3) is 0.118. The fourth-order valence-electron chi connectivity index (χ4n) is 2.44. The Morgan fingerprint density at radius 2 is 1.37 bits per heavy atom. The Morgan fingerprint density at radius 1 is 0.842 bits per heavy atom. The monoisotopic (exact) mass is 248 g/mol. The largest absolute Gasteiger partial charge is 0.337 e. The van der Waals surface area contributed by atoms with E-state index in [0.29, 0.717) is 0 Å². The normalized spacial score (nSPS) is 10.8. The molecule has 94 valence electrons. The summed E-state index contributed by atoms with van der Waals surface area (Å²) in [5.41, 5.74) is 2.53. The van der Waals surface area contributed by atoms with Crippen molar-refractivity contribution in [2.24, 2.45) is 7.05 Å². The summed E-state index contributed by atoms with van der Waals surface area (Å²) in [7, 11) is 2.04. The highest BCUT2D eigenvalue weighted by Gasteiger charge is 2.19. The quantitative estimate of drug-likeness (QED) is 0.692. The molecule has 19 heavy (non-hydrogen) atoms. The highest BCUT2D eigenvalue weighted by molar-refractivity contribution is 5.38. The standard InChI is InChI=1S/C17H16N2/c1-19-13-12-18-17(19)16(14-8-4-2-5-9-14)15-10-6-3-7-11-15/h2-13,16H,1H3. The van der Waals surface area contributed by atoms with Crippen LogP contribution in [-0.4, -0.2) is 9.55 Å². The van der Waals surface area contributed by atoms with E-state index < -0.39 is 0 Å². The molecule has 2 aromatic carbocycles. The first kappa shape index (κ1) is 11.7. The van der Waals surface area contributed by atoms with Gasteiger partial charge in [0.1, 0.15) is 5.82 Å². The molecule has 1 heterocycles. The molecule has 0 bridgehead atoms. The summed E-state index contributed by atoms with van der Waals surface area (Å²) in [5.74, 6) is 1.25. The zero-order valence-corrected chi connectivity index (χ0v) is 10.9. The average Bonchev–Trinajstić information content (AvgIpc) is 2.88. The molecular weight excluding hydrogens is 232 g/mol. The van der Waals surface area contributed by atoms with Crippen molar-refractivity contribution in [3.05, 3.63) is 90.0 Å². The minimum Gasteiger partial charge on any atom is -0.337 e. The van der Waals surface area contributed by atoms with Crippen molar-refractivity contribution in [3.63, 3.8) is 0 Å². The number of aryl methyl sites for hydroxylation is 1. The highest BCUT2D eigenvalue weighted by atomic mass is 15.0. The third-order valence-corrected chi connectivity index (χ3v) is 3.38. The van der Waals surface area contributed by atoms with Crippen LogP contribution in [0.15, 0.2) is 73.1 Å². The zero-order chi connectivity index (χ0) is 13.1. The van der Waals surface area contributed by atoms with Gasteiger partial charge in [0.05, 0.1) is 5.92 Å². The van der Waals surface area contributed by atoms with Gasteiger partial charge in [-0.3, -0.25) is 0 Å². The van der Waals surface area contributed by atoms with Crippen LogP contribution in [0.1, 0.15) is 22.9 Å². The Labute approximate surface area is 113 Å². The van der Waals surface area contributed by atoms with Gasteiger partial charge >= 0.3 is 0 Å². The molecule has 1 aromatic heterocycles. The van der Waals surface area contributed by atoms with Gasteiger partial charge in [0.2, 0.25) is 0 Å². The van der Waals surface area contributed by atoms with Gasteiger partial charge in [-0.1, -0.05) is 60.7 Å². The van der Waals surface area contributed by atoms with Gasteiger partial charge in [0.25, 0.3) is 0 Å². The molecule has 0 aliphatic rings. The third-order valence-electron chi connectivity index (χ3n) is 3.38. The molecular formula is C17H16N2. The van der Waals surface area contributed by atoms with Crippen LogP contribution in [0, 0.1) is 0 Å². The van der Waals surface area contributed by atoms with Gasteiger partial charge in [0.15, 0.2) is 0 Å². The summed E-state index contributed by atoms with van der Waals surface area (Å²) in [4.78, 5) is 4.53. The minimum absolute atomic E-state index is 0.183. The molecule has 0 atom stereocenters. The van der Waals surface area contributed by atoms with Gasteiger partial charge in [-0.05, 0) is 11.1 Å². The first-order valence-electron chi connectivity index (χ1n) is 6.43. The van der Waals surface area contributed by atoms with Crippen LogP contribution in [0.3, 0.4) is 0 Å². The second-order valence-corrected chi connectivity index (χ2v) is 4.65. The Kier molecular flexibility index (Phi) is 3.15. The predicted molar refractivity (Wildman–Crippen MR) is 77.0 cm³/mol. The third kappa shape index (κ3) is 2.29. The predicted octanol–water partition coefficient (Wildman–Crippen LogP) is 3.60. The number of benzene rings is 2. The van der Waals surface area contributed by atoms with E-state index in [1.165, 1.54) is 11.1 Å². The summed E-state index contributed by atoms with van der Waals surface area (Å²) < 4.78 is 2.09. The van der Waals surface area contributed by atoms with Crippen LogP contribution in [0.5, 0.6) is 0 Å². The summed E-state index contributed by atoms with van der Waals surface area (Å²) in [5, 5.41) is 0. The van der Waals surface area contributed by atoms with E-state index in [4.69, 9.17) is 0 Å². The zero-order valence-electron chi connectivity index (χ0n) is 10.9. The molecule has 0 saturated carbocycles. The van der Waals surface area contributed by atoms with Crippen LogP contribution in [0.4, 0.5) is 0 Å². The molecule has 2 heteroatoms. The van der Waals surface area contributed by atoms with Crippen LogP contribution in [0.2, 0.25) is 0 Å². The van der Waals surface area contributed by atoms with Crippen molar-refractivity contribution in [2.75, 3.05) is 0 Å². The average molecular weight is 248 g/mol. The lowest BCUT2D eigenvalue weighted by atomic mass is 9.90. The second-order valence-electron chi connectivity index (χ2n) is 4.65. The number of hydrogen-bond acceptors (Lipinski definition) is 1. The molecule has 0 aliphatic carbocycles. The summed E-state index contributed by atoms with van der Waals surface area (Å²) >= 11 is 0. The maximum atomic E-state index is 4.53. The van der Waals surface area contributed by atoms with E-state index >= 15 is 0 Å². The number of aromatic nitrogens is 2. The van der Waals surface area contributed by atoms with E-state index in [-0.39, 0.29) is 5.92 Å². The van der Waals surface area contributed by atoms with Crippen molar-refractivity contribution < 1.29 is 0 Å². The molecule has 3 rings (SSSR count). The number of rotatable bonds is 3. The lowest BCUT2D eigenvalue weighted by molar-refractivity contribution is 0.764. The van der Waals surface area contributed by atoms with E-state index in [2.05, 4.69) is 58.1 Å². The smallest absolute Gasteiger partial charge is 0.120 e. The van der Waals surface area contributed by atoms with E-state index in [0.717, 1.165) is 5.82 Å². The molecule has 0 N–H and O–H groups in total. The summed E-state index contributed by atoms with van der Waals surface area (Å²) in [6.07, 6.45) is 3.85. The van der Waals surface area contributed by atoms with Gasteiger partial charge in [-0.15, -0.1) is 0 Å². The summed E-state index contributed by atoms with van der Waals surface area (Å²) in [6.45, 7) is 0. The lowest BCUT2D eigenvalue weighted by Crippen LogP contribution is -2.09. The molecule has 3 aromatic rings. The van der Waals surface area contributed by atoms with Gasteiger partial charge in [0, 0.05) is 19.4 Å². The van der Waals surface area contributed by atoms with Crippen LogP contribution >= 0.6 is 0 Å². The van der Waals surface area contributed by atoms with Crippen molar-refractivity contribution in [1.29, 1.82) is 0 Å². The van der Waals surface area contributed by atoms with E-state index in [1.807, 2.05) is 31.6 Å². The number of nitrogens with zero attached hydrogens (tertiary/aromatic N) is 2. The Morgan fingerprint density at radius 3 is 1.79 bits per heavy atom. The van der Waals surface area contributed by atoms with Crippen LogP contribution < -0.4 is 0 Å². The molecule has 0 radical (unpaired) electrons. The number of imidazole rings is 1. The van der Waals surface area contributed by atoms with Crippen molar-refractivity contribution in [1.82, 2.24) is 9.55 Å². The Bertz CT molecular complexity index is 602. The maximum absolute atomic E-state index is 4.53. The number of hydrogen-bond donors (Lipinski definition) is 0. The molecule has 2 nitrogen and oxygen atoms in total. The molecule has 0 aliphatic heterocycles. The SMILES string of the molecule is Cn1ccnc1C(c1ccccc1)c1ccccc1. The molecule has 0 amide bonds. The van der Waals surface area contributed by atoms with Gasteiger partial charge in [-0.2, -0.15) is 0 Å². The van der Waals surface area contributed by atoms with Crippen molar-refractivity contribution in [3.8, 4) is 0 Å². The van der Waals surface area contributed by atoms with Crippen molar-refractivity contribution in [2.45, 2.75) is 5.92 Å². The first-order chi connectivity index (χ1) is 9.36. The molecule has 0 spiro atoms.